The minimum Gasteiger partial charge on any atom is -0.465 e. The van der Waals surface area contributed by atoms with Gasteiger partial charge in [0.05, 0.1) is 36.3 Å². The molecule has 4 N–H and O–H groups in total. The Labute approximate surface area is 137 Å². The second-order valence-electron chi connectivity index (χ2n) is 4.76. The smallest absolute Gasteiger partial charge is 0.359 e. The van der Waals surface area contributed by atoms with Crippen LogP contribution in [0.3, 0.4) is 0 Å². The fourth-order valence-corrected chi connectivity index (χ4v) is 2.09. The fraction of sp³-hybridized carbons (Fsp3) is 0.188. The molecule has 1 aromatic heterocycles. The number of esters is 2. The number of hydrogen-bond acceptors (Lipinski definition) is 7. The van der Waals surface area contributed by atoms with Crippen LogP contribution < -0.4 is 11.5 Å². The highest BCUT2D eigenvalue weighted by molar-refractivity contribution is 5.99. The van der Waals surface area contributed by atoms with Gasteiger partial charge in [-0.1, -0.05) is 0 Å². The van der Waals surface area contributed by atoms with E-state index < -0.39 is 17.8 Å². The predicted molar refractivity (Wildman–Crippen MR) is 85.8 cm³/mol. The number of rotatable bonds is 4. The monoisotopic (exact) mass is 333 g/mol. The van der Waals surface area contributed by atoms with E-state index in [-0.39, 0.29) is 40.5 Å². The third kappa shape index (κ3) is 3.27. The van der Waals surface area contributed by atoms with Crippen LogP contribution in [-0.4, -0.2) is 30.6 Å². The van der Waals surface area contributed by atoms with Crippen LogP contribution in [0.5, 0.6) is 0 Å². The molecule has 1 heterocycles. The maximum absolute atomic E-state index is 13.8. The van der Waals surface area contributed by atoms with Gasteiger partial charge < -0.3 is 20.9 Å². The zero-order valence-electron chi connectivity index (χ0n) is 13.1. The van der Waals surface area contributed by atoms with Crippen molar-refractivity contribution in [3.8, 4) is 11.3 Å². The van der Waals surface area contributed by atoms with Crippen molar-refractivity contribution in [2.24, 2.45) is 0 Å². The first-order chi connectivity index (χ1) is 11.4. The van der Waals surface area contributed by atoms with Crippen molar-refractivity contribution >= 4 is 23.3 Å². The lowest BCUT2D eigenvalue weighted by molar-refractivity contribution is 0.0520. The maximum atomic E-state index is 13.8. The summed E-state index contributed by atoms with van der Waals surface area (Å²) in [5, 5.41) is 0. The van der Waals surface area contributed by atoms with Crippen LogP contribution in [0.15, 0.2) is 24.3 Å². The molecule has 2 aromatic rings. The topological polar surface area (TPSA) is 118 Å². The molecule has 0 spiro atoms. The third-order valence-corrected chi connectivity index (χ3v) is 3.22. The van der Waals surface area contributed by atoms with Crippen molar-refractivity contribution in [2.75, 3.05) is 25.2 Å². The van der Waals surface area contributed by atoms with Crippen LogP contribution in [0.2, 0.25) is 0 Å². The van der Waals surface area contributed by atoms with Gasteiger partial charge in [-0.05, 0) is 31.2 Å². The van der Waals surface area contributed by atoms with Crippen molar-refractivity contribution < 1.29 is 23.5 Å². The highest BCUT2D eigenvalue weighted by Gasteiger charge is 2.20. The van der Waals surface area contributed by atoms with Gasteiger partial charge in [-0.15, -0.1) is 0 Å². The molecule has 0 saturated heterocycles. The van der Waals surface area contributed by atoms with Gasteiger partial charge in [-0.2, -0.15) is 0 Å². The van der Waals surface area contributed by atoms with Crippen LogP contribution in [0.25, 0.3) is 11.3 Å². The van der Waals surface area contributed by atoms with Gasteiger partial charge in [0.25, 0.3) is 0 Å². The van der Waals surface area contributed by atoms with Gasteiger partial charge in [-0.3, -0.25) is 0 Å². The number of carbonyl (C=O) groups is 2. The molecule has 0 atom stereocenters. The highest BCUT2D eigenvalue weighted by atomic mass is 19.1. The standard InChI is InChI=1S/C16H16FN3O4/c1-3-24-16(22)14-11(18)4-5-12(20-14)9-6-8(17)7-10(13(9)19)15(21)23-2/h4-7H,3,18-19H2,1-2H3. The molecule has 0 aliphatic carbocycles. The average Bonchev–Trinajstić information content (AvgIpc) is 2.56. The Bertz CT molecular complexity index is 808. The quantitative estimate of drug-likeness (QED) is 0.649. The molecule has 0 amide bonds. The number of carbonyl (C=O) groups excluding carboxylic acids is 2. The molecule has 0 aliphatic heterocycles. The first-order valence-corrected chi connectivity index (χ1v) is 7.00. The van der Waals surface area contributed by atoms with Crippen LogP contribution >= 0.6 is 0 Å². The van der Waals surface area contributed by atoms with E-state index in [9.17, 15) is 14.0 Å². The van der Waals surface area contributed by atoms with Crippen LogP contribution in [0.1, 0.15) is 27.8 Å². The molecule has 2 rings (SSSR count). The Kier molecular flexibility index (Phi) is 4.98. The number of aromatic nitrogens is 1. The second-order valence-corrected chi connectivity index (χ2v) is 4.76. The zero-order chi connectivity index (χ0) is 17.9. The van der Waals surface area contributed by atoms with Crippen LogP contribution in [0.4, 0.5) is 15.8 Å². The van der Waals surface area contributed by atoms with E-state index in [1.165, 1.54) is 12.1 Å². The zero-order valence-corrected chi connectivity index (χ0v) is 13.1. The summed E-state index contributed by atoms with van der Waals surface area (Å²) in [4.78, 5) is 27.7. The van der Waals surface area contributed by atoms with E-state index in [2.05, 4.69) is 9.72 Å². The number of benzene rings is 1. The van der Waals surface area contributed by atoms with Gasteiger partial charge in [0.15, 0.2) is 5.69 Å². The molecular weight excluding hydrogens is 317 g/mol. The number of anilines is 2. The minimum absolute atomic E-state index is 0.0182. The lowest BCUT2D eigenvalue weighted by atomic mass is 10.0. The summed E-state index contributed by atoms with van der Waals surface area (Å²) in [6.45, 7) is 1.80. The molecule has 0 unspecified atom stereocenters. The van der Waals surface area contributed by atoms with Gasteiger partial charge in [0, 0.05) is 5.56 Å². The summed E-state index contributed by atoms with van der Waals surface area (Å²) >= 11 is 0. The van der Waals surface area contributed by atoms with E-state index in [4.69, 9.17) is 16.2 Å². The van der Waals surface area contributed by atoms with Crippen molar-refractivity contribution in [3.63, 3.8) is 0 Å². The Hall–Kier alpha value is -3.16. The minimum atomic E-state index is -0.783. The molecule has 0 saturated carbocycles. The number of hydrogen-bond donors (Lipinski definition) is 2. The van der Waals surface area contributed by atoms with E-state index in [0.29, 0.717) is 0 Å². The van der Waals surface area contributed by atoms with Crippen molar-refractivity contribution in [3.05, 3.63) is 41.3 Å². The average molecular weight is 333 g/mol. The molecule has 1 aromatic carbocycles. The number of pyridine rings is 1. The first kappa shape index (κ1) is 17.2. The summed E-state index contributed by atoms with van der Waals surface area (Å²) in [7, 11) is 1.16. The molecule has 0 fully saturated rings. The van der Waals surface area contributed by atoms with E-state index >= 15 is 0 Å². The predicted octanol–water partition coefficient (Wildman–Crippen LogP) is 2.02. The lowest BCUT2D eigenvalue weighted by Crippen LogP contribution is -2.12. The summed E-state index contributed by atoms with van der Waals surface area (Å²) < 4.78 is 23.3. The summed E-state index contributed by atoms with van der Waals surface area (Å²) in [6.07, 6.45) is 0. The summed E-state index contributed by atoms with van der Waals surface area (Å²) in [6, 6.07) is 4.96. The van der Waals surface area contributed by atoms with E-state index in [1.807, 2.05) is 0 Å². The number of nitrogens with zero attached hydrogens (tertiary/aromatic N) is 1. The SMILES string of the molecule is CCOC(=O)c1nc(-c2cc(F)cc(C(=O)OC)c2N)ccc1N. The Balaban J connectivity index is 2.60. The van der Waals surface area contributed by atoms with Crippen molar-refractivity contribution in [1.29, 1.82) is 0 Å². The molecule has 126 valence electrons. The highest BCUT2D eigenvalue weighted by Crippen LogP contribution is 2.30. The number of nitrogen functional groups attached to an aromatic ring is 2. The lowest BCUT2D eigenvalue weighted by Gasteiger charge is -2.12. The van der Waals surface area contributed by atoms with E-state index in [1.54, 1.807) is 6.92 Å². The van der Waals surface area contributed by atoms with Gasteiger partial charge >= 0.3 is 11.9 Å². The maximum Gasteiger partial charge on any atom is 0.359 e. The Morgan fingerprint density at radius 3 is 2.54 bits per heavy atom. The molecule has 8 heteroatoms. The molecule has 7 nitrogen and oxygen atoms in total. The molecule has 0 radical (unpaired) electrons. The van der Waals surface area contributed by atoms with Crippen molar-refractivity contribution in [1.82, 2.24) is 4.98 Å². The van der Waals surface area contributed by atoms with Gasteiger partial charge in [0.1, 0.15) is 5.82 Å². The summed E-state index contributed by atoms with van der Waals surface area (Å²) in [5.74, 6) is -2.19. The van der Waals surface area contributed by atoms with Gasteiger partial charge in [0.2, 0.25) is 0 Å². The molecule has 0 bridgehead atoms. The van der Waals surface area contributed by atoms with Crippen LogP contribution in [-0.2, 0) is 9.47 Å². The van der Waals surface area contributed by atoms with Gasteiger partial charge in [-0.25, -0.2) is 19.0 Å². The number of halogens is 1. The van der Waals surface area contributed by atoms with Crippen molar-refractivity contribution in [2.45, 2.75) is 6.92 Å². The number of ether oxygens (including phenoxy) is 2. The Morgan fingerprint density at radius 2 is 1.92 bits per heavy atom. The largest absolute Gasteiger partial charge is 0.465 e. The molecule has 0 aliphatic rings. The third-order valence-electron chi connectivity index (χ3n) is 3.22. The first-order valence-electron chi connectivity index (χ1n) is 7.00. The Morgan fingerprint density at radius 1 is 1.21 bits per heavy atom. The number of methoxy groups -OCH3 is 1. The number of nitrogens with two attached hydrogens (primary N) is 2. The second kappa shape index (κ2) is 6.95. The van der Waals surface area contributed by atoms with Crippen LogP contribution in [0, 0.1) is 5.82 Å². The summed E-state index contributed by atoms with van der Waals surface area (Å²) in [5.41, 5.74) is 11.8. The fourth-order valence-electron chi connectivity index (χ4n) is 2.09. The molecular formula is C16H16FN3O4. The normalized spacial score (nSPS) is 10.3. The van der Waals surface area contributed by atoms with E-state index in [0.717, 1.165) is 19.2 Å². The molecule has 24 heavy (non-hydrogen) atoms.